The zero-order valence-electron chi connectivity index (χ0n) is 11.3. The van der Waals surface area contributed by atoms with E-state index in [4.69, 9.17) is 10.6 Å². The molecule has 3 N–H and O–H groups in total. The van der Waals surface area contributed by atoms with Gasteiger partial charge in [0.1, 0.15) is 5.82 Å². The second-order valence-electron chi connectivity index (χ2n) is 4.58. The van der Waals surface area contributed by atoms with Crippen LogP contribution in [0.4, 0.5) is 17.6 Å². The van der Waals surface area contributed by atoms with Gasteiger partial charge in [0.2, 0.25) is 0 Å². The Hall–Kier alpha value is -1.18. The molecule has 0 heterocycles. The molecule has 2 unspecified atom stereocenters. The van der Waals surface area contributed by atoms with Crippen LogP contribution in [0.2, 0.25) is 0 Å². The fourth-order valence-electron chi connectivity index (χ4n) is 1.84. The van der Waals surface area contributed by atoms with Crippen LogP contribution in [0.1, 0.15) is 36.9 Å². The third-order valence-corrected chi connectivity index (χ3v) is 3.16. The van der Waals surface area contributed by atoms with Crippen molar-refractivity contribution in [3.05, 3.63) is 35.1 Å². The largest absolute Gasteiger partial charge is 0.419 e. The van der Waals surface area contributed by atoms with E-state index in [2.05, 4.69) is 5.43 Å². The molecule has 0 aromatic heterocycles. The molecule has 114 valence electrons. The molecule has 2 atom stereocenters. The summed E-state index contributed by atoms with van der Waals surface area (Å²) in [5.41, 5.74) is 1.46. The third-order valence-electron chi connectivity index (χ3n) is 3.16. The number of benzene rings is 1. The number of hydrogen-bond donors (Lipinski definition) is 2. The number of halogens is 4. The summed E-state index contributed by atoms with van der Waals surface area (Å²) in [6.07, 6.45) is -3.66. The molecule has 1 aromatic rings. The van der Waals surface area contributed by atoms with E-state index in [1.165, 1.54) is 6.07 Å². The van der Waals surface area contributed by atoms with Gasteiger partial charge in [-0.25, -0.2) is 4.39 Å². The molecule has 1 aromatic carbocycles. The minimum atomic E-state index is -4.72. The minimum Gasteiger partial charge on any atom is -0.382 e. The highest BCUT2D eigenvalue weighted by molar-refractivity contribution is 5.29. The van der Waals surface area contributed by atoms with E-state index in [1.54, 1.807) is 7.11 Å². The molecule has 0 aliphatic heterocycles. The Kier molecular flexibility index (Phi) is 5.91. The van der Waals surface area contributed by atoms with Crippen molar-refractivity contribution in [1.82, 2.24) is 5.43 Å². The van der Waals surface area contributed by atoms with Gasteiger partial charge in [-0.2, -0.15) is 13.2 Å². The monoisotopic (exact) mass is 294 g/mol. The Bertz CT molecular complexity index is 437. The zero-order valence-corrected chi connectivity index (χ0v) is 11.3. The van der Waals surface area contributed by atoms with E-state index in [9.17, 15) is 17.6 Å². The van der Waals surface area contributed by atoms with Gasteiger partial charge in [-0.3, -0.25) is 11.3 Å². The lowest BCUT2D eigenvalue weighted by atomic mass is 9.98. The Labute approximate surface area is 115 Å². The van der Waals surface area contributed by atoms with Crippen LogP contribution < -0.4 is 11.3 Å². The molecule has 0 saturated carbocycles. The lowest BCUT2D eigenvalue weighted by molar-refractivity contribution is -0.140. The van der Waals surface area contributed by atoms with Crippen LogP contribution in [0, 0.1) is 5.82 Å². The van der Waals surface area contributed by atoms with Gasteiger partial charge < -0.3 is 4.74 Å². The highest BCUT2D eigenvalue weighted by atomic mass is 19.4. The van der Waals surface area contributed by atoms with Gasteiger partial charge >= 0.3 is 6.18 Å². The van der Waals surface area contributed by atoms with Gasteiger partial charge in [0.15, 0.2) is 0 Å². The molecule has 0 radical (unpaired) electrons. The van der Waals surface area contributed by atoms with E-state index < -0.39 is 23.6 Å². The van der Waals surface area contributed by atoms with E-state index in [-0.39, 0.29) is 6.10 Å². The molecule has 1 rings (SSSR count). The van der Waals surface area contributed by atoms with Gasteiger partial charge in [0, 0.05) is 13.2 Å². The fourth-order valence-corrected chi connectivity index (χ4v) is 1.84. The number of alkyl halides is 3. The first-order valence-electron chi connectivity index (χ1n) is 6.15. The average molecular weight is 294 g/mol. The molecule has 0 amide bonds. The van der Waals surface area contributed by atoms with Gasteiger partial charge in [-0.05, 0) is 37.5 Å². The first-order valence-corrected chi connectivity index (χ1v) is 6.15. The van der Waals surface area contributed by atoms with Gasteiger partial charge in [-0.15, -0.1) is 0 Å². The Morgan fingerprint density at radius 1 is 1.30 bits per heavy atom. The molecule has 0 saturated heterocycles. The average Bonchev–Trinajstić information content (AvgIpc) is 2.39. The quantitative estimate of drug-likeness (QED) is 0.481. The zero-order chi connectivity index (χ0) is 15.3. The fraction of sp³-hybridized carbons (Fsp3) is 0.538. The maximum Gasteiger partial charge on any atom is 0.419 e. The molecule has 7 heteroatoms. The first kappa shape index (κ1) is 16.9. The SMILES string of the molecule is COC(C)CCC(NN)c1ccc(F)c(C(F)(F)F)c1. The smallest absolute Gasteiger partial charge is 0.382 e. The lowest BCUT2D eigenvalue weighted by Crippen LogP contribution is -2.29. The van der Waals surface area contributed by atoms with Crippen LogP contribution in [0.25, 0.3) is 0 Å². The summed E-state index contributed by atoms with van der Waals surface area (Å²) in [5.74, 6) is 4.07. The second kappa shape index (κ2) is 7.01. The highest BCUT2D eigenvalue weighted by Crippen LogP contribution is 2.33. The minimum absolute atomic E-state index is 0.0339. The number of nitrogens with two attached hydrogens (primary N) is 1. The number of hydrogen-bond acceptors (Lipinski definition) is 3. The van der Waals surface area contributed by atoms with E-state index in [1.807, 2.05) is 6.92 Å². The van der Waals surface area contributed by atoms with Crippen LogP contribution in [-0.4, -0.2) is 13.2 Å². The molecule has 0 bridgehead atoms. The maximum absolute atomic E-state index is 13.2. The Morgan fingerprint density at radius 2 is 1.95 bits per heavy atom. The number of rotatable bonds is 6. The molecule has 0 fully saturated rings. The van der Waals surface area contributed by atoms with Crippen molar-refractivity contribution in [2.45, 2.75) is 38.1 Å². The summed E-state index contributed by atoms with van der Waals surface area (Å²) in [4.78, 5) is 0. The van der Waals surface area contributed by atoms with Crippen molar-refractivity contribution >= 4 is 0 Å². The highest BCUT2D eigenvalue weighted by Gasteiger charge is 2.34. The Balaban J connectivity index is 2.93. The standard InChI is InChI=1S/C13H18F4N2O/c1-8(20-2)3-6-12(19-18)9-4-5-11(14)10(7-9)13(15,16)17/h4-5,7-8,12,19H,3,6,18H2,1-2H3. The molecule has 20 heavy (non-hydrogen) atoms. The summed E-state index contributed by atoms with van der Waals surface area (Å²) < 4.78 is 56.2. The summed E-state index contributed by atoms with van der Waals surface area (Å²) in [6, 6.07) is 2.40. The van der Waals surface area contributed by atoms with E-state index in [0.29, 0.717) is 18.4 Å². The number of hydrazine groups is 1. The van der Waals surface area contributed by atoms with Crippen molar-refractivity contribution in [1.29, 1.82) is 0 Å². The maximum atomic E-state index is 13.2. The van der Waals surface area contributed by atoms with Crippen molar-refractivity contribution in [2.24, 2.45) is 5.84 Å². The molecule has 0 spiro atoms. The normalized spacial score (nSPS) is 15.2. The molecule has 0 aliphatic carbocycles. The molecule has 0 aliphatic rings. The van der Waals surface area contributed by atoms with E-state index >= 15 is 0 Å². The van der Waals surface area contributed by atoms with Crippen LogP contribution in [0.3, 0.4) is 0 Å². The van der Waals surface area contributed by atoms with Gasteiger partial charge in [0.05, 0.1) is 11.7 Å². The predicted molar refractivity (Wildman–Crippen MR) is 67.2 cm³/mol. The molecular formula is C13H18F4N2O. The number of methoxy groups -OCH3 is 1. The third kappa shape index (κ3) is 4.43. The van der Waals surface area contributed by atoms with Crippen LogP contribution >= 0.6 is 0 Å². The Morgan fingerprint density at radius 3 is 2.45 bits per heavy atom. The van der Waals surface area contributed by atoms with Crippen LogP contribution in [-0.2, 0) is 10.9 Å². The molecule has 3 nitrogen and oxygen atoms in total. The molecular weight excluding hydrogens is 276 g/mol. The van der Waals surface area contributed by atoms with Crippen molar-refractivity contribution in [3.8, 4) is 0 Å². The van der Waals surface area contributed by atoms with E-state index in [0.717, 1.165) is 12.1 Å². The van der Waals surface area contributed by atoms with Gasteiger partial charge in [0.25, 0.3) is 0 Å². The van der Waals surface area contributed by atoms with Crippen LogP contribution in [0.5, 0.6) is 0 Å². The van der Waals surface area contributed by atoms with Gasteiger partial charge in [-0.1, -0.05) is 6.07 Å². The number of ether oxygens (including phenoxy) is 1. The summed E-state index contributed by atoms with van der Waals surface area (Å²) in [5, 5.41) is 0. The van der Waals surface area contributed by atoms with Crippen molar-refractivity contribution in [2.75, 3.05) is 7.11 Å². The van der Waals surface area contributed by atoms with Crippen LogP contribution in [0.15, 0.2) is 18.2 Å². The topological polar surface area (TPSA) is 47.3 Å². The summed E-state index contributed by atoms with van der Waals surface area (Å²) in [6.45, 7) is 1.85. The number of nitrogens with one attached hydrogen (secondary N) is 1. The van der Waals surface area contributed by atoms with Crippen molar-refractivity contribution in [3.63, 3.8) is 0 Å². The second-order valence-corrected chi connectivity index (χ2v) is 4.58. The first-order chi connectivity index (χ1) is 9.29. The predicted octanol–water partition coefficient (Wildman–Crippen LogP) is 3.16. The summed E-state index contributed by atoms with van der Waals surface area (Å²) >= 11 is 0. The lowest BCUT2D eigenvalue weighted by Gasteiger charge is -2.19. The van der Waals surface area contributed by atoms with Crippen molar-refractivity contribution < 1.29 is 22.3 Å². The summed E-state index contributed by atoms with van der Waals surface area (Å²) in [7, 11) is 1.55.